The maximum atomic E-state index is 14.7. The Morgan fingerprint density at radius 2 is 1.46 bits per heavy atom. The molecule has 1 aromatic carbocycles. The summed E-state index contributed by atoms with van der Waals surface area (Å²) < 4.78 is 148. The van der Waals surface area contributed by atoms with Gasteiger partial charge in [-0.3, -0.25) is 4.79 Å². The summed E-state index contributed by atoms with van der Waals surface area (Å²) >= 11 is 0. The molecule has 2 aliphatic heterocycles. The van der Waals surface area contributed by atoms with Crippen molar-refractivity contribution in [3.8, 4) is 0 Å². The van der Waals surface area contributed by atoms with Crippen LogP contribution in [0.4, 0.5) is 26.3 Å². The van der Waals surface area contributed by atoms with E-state index in [1.165, 1.54) is 0 Å². The summed E-state index contributed by atoms with van der Waals surface area (Å²) in [6.45, 7) is 2.12. The summed E-state index contributed by atoms with van der Waals surface area (Å²) in [5.74, 6) is -5.09. The fourth-order valence-corrected chi connectivity index (χ4v) is 12.3. The molecule has 17 heteroatoms. The molecule has 4 aliphatic rings. The first-order valence-corrected chi connectivity index (χ1v) is 20.8. The van der Waals surface area contributed by atoms with Gasteiger partial charge in [0.2, 0.25) is 5.78 Å². The number of carbonyl (C=O) groups is 1. The van der Waals surface area contributed by atoms with Gasteiger partial charge in [0.05, 0.1) is 13.2 Å². The molecule has 2 saturated heterocycles. The number of nitrogens with zero attached hydrogens (tertiary/aromatic N) is 1. The van der Waals surface area contributed by atoms with Crippen LogP contribution in [0.15, 0.2) is 24.3 Å². The number of hydrogen-bond donors (Lipinski definition) is 0. The van der Waals surface area contributed by atoms with Gasteiger partial charge in [-0.25, -0.2) is 16.8 Å². The van der Waals surface area contributed by atoms with E-state index in [1.54, 1.807) is 0 Å². The summed E-state index contributed by atoms with van der Waals surface area (Å²) in [7, 11) is -13.8. The highest BCUT2D eigenvalue weighted by Gasteiger charge is 2.80. The fraction of sp³-hybridized carbons (Fsp3) is 0.774. The monoisotopic (exact) mass is 749 g/mol. The zero-order valence-electron chi connectivity index (χ0n) is 26.5. The maximum Gasteiger partial charge on any atom is 0.428 e. The van der Waals surface area contributed by atoms with Gasteiger partial charge in [0.15, 0.2) is 15.4 Å². The van der Waals surface area contributed by atoms with Crippen molar-refractivity contribution < 1.29 is 57.3 Å². The SMILES string of the molecule is CC(C(=O)c1ccc(C2CCCC(C3CCCC4CN(S(=O)(=O)C(F)(F)C(F)(F)C(F)(F)S(=O)(=O)[O-])CCC43)C2)cc1)[S+]1CCOCC1. The predicted octanol–water partition coefficient (Wildman–Crippen LogP) is 5.61. The van der Waals surface area contributed by atoms with Crippen LogP contribution >= 0.6 is 0 Å². The Morgan fingerprint density at radius 1 is 0.875 bits per heavy atom. The van der Waals surface area contributed by atoms with E-state index in [1.807, 2.05) is 31.2 Å². The molecule has 2 aliphatic carbocycles. The van der Waals surface area contributed by atoms with E-state index in [4.69, 9.17) is 4.74 Å². The summed E-state index contributed by atoms with van der Waals surface area (Å²) in [5, 5.41) is -13.5. The minimum Gasteiger partial charge on any atom is -0.743 e. The molecular formula is C31H41F6NO7S3. The molecule has 8 nitrogen and oxygen atoms in total. The van der Waals surface area contributed by atoms with Crippen LogP contribution in [0.3, 0.4) is 0 Å². The third-order valence-electron chi connectivity index (χ3n) is 11.0. The summed E-state index contributed by atoms with van der Waals surface area (Å²) in [5.41, 5.74) is 1.79. The Kier molecular flexibility index (Phi) is 11.0. The minimum atomic E-state index is -7.33. The Hall–Kier alpha value is -1.40. The lowest BCUT2D eigenvalue weighted by molar-refractivity contribution is -0.247. The van der Waals surface area contributed by atoms with Crippen LogP contribution < -0.4 is 0 Å². The topological polar surface area (TPSA) is 121 Å². The molecule has 0 radical (unpaired) electrons. The van der Waals surface area contributed by atoms with Crippen molar-refractivity contribution in [3.63, 3.8) is 0 Å². The number of benzene rings is 1. The molecule has 2 saturated carbocycles. The van der Waals surface area contributed by atoms with E-state index < -0.39 is 55.6 Å². The van der Waals surface area contributed by atoms with Gasteiger partial charge >= 0.3 is 16.4 Å². The second-order valence-electron chi connectivity index (χ2n) is 13.5. The van der Waals surface area contributed by atoms with E-state index in [0.717, 1.165) is 49.2 Å². The molecule has 0 bridgehead atoms. The van der Waals surface area contributed by atoms with E-state index in [2.05, 4.69) is 0 Å². The Bertz CT molecular complexity index is 1540. The van der Waals surface area contributed by atoms with Gasteiger partial charge in [-0.05, 0) is 74.2 Å². The normalized spacial score (nSPS) is 29.6. The van der Waals surface area contributed by atoms with E-state index >= 15 is 0 Å². The highest BCUT2D eigenvalue weighted by molar-refractivity contribution is 7.98. The van der Waals surface area contributed by atoms with Crippen LogP contribution in [0.2, 0.25) is 0 Å². The lowest BCUT2D eigenvalue weighted by atomic mass is 9.60. The summed E-state index contributed by atoms with van der Waals surface area (Å²) in [6, 6.07) is 7.78. The van der Waals surface area contributed by atoms with Gasteiger partial charge in [0.1, 0.15) is 11.5 Å². The number of rotatable bonds is 10. The van der Waals surface area contributed by atoms with Gasteiger partial charge < -0.3 is 9.29 Å². The zero-order chi connectivity index (χ0) is 35.3. The highest BCUT2D eigenvalue weighted by atomic mass is 32.2. The number of halogens is 6. The van der Waals surface area contributed by atoms with Crippen LogP contribution in [-0.4, -0.2) is 91.0 Å². The summed E-state index contributed by atoms with van der Waals surface area (Å²) in [6.07, 6.45) is 5.58. The largest absolute Gasteiger partial charge is 0.743 e. The van der Waals surface area contributed by atoms with Crippen molar-refractivity contribution in [2.24, 2.45) is 23.7 Å². The van der Waals surface area contributed by atoms with Crippen molar-refractivity contribution in [2.75, 3.05) is 37.8 Å². The first kappa shape index (κ1) is 37.8. The highest BCUT2D eigenvalue weighted by Crippen LogP contribution is 2.54. The van der Waals surface area contributed by atoms with E-state index in [0.29, 0.717) is 31.6 Å². The number of fused-ring (bicyclic) bond motifs is 1. The number of Topliss-reactive ketones (excluding diaryl/α,β-unsaturated/α-hetero) is 1. The van der Waals surface area contributed by atoms with Crippen molar-refractivity contribution in [2.45, 2.75) is 85.9 Å². The molecule has 5 rings (SSSR count). The number of ether oxygens (including phenoxy) is 1. The third-order valence-corrected chi connectivity index (χ3v) is 16.4. The molecule has 0 amide bonds. The lowest BCUT2D eigenvalue weighted by Gasteiger charge is -2.49. The fourth-order valence-electron chi connectivity index (χ4n) is 8.28. The molecule has 48 heavy (non-hydrogen) atoms. The molecule has 0 aromatic heterocycles. The third kappa shape index (κ3) is 6.81. The second kappa shape index (κ2) is 14.0. The first-order chi connectivity index (χ1) is 22.3. The summed E-state index contributed by atoms with van der Waals surface area (Å²) in [4.78, 5) is 13.2. The lowest BCUT2D eigenvalue weighted by Crippen LogP contribution is -2.64. The number of ketones is 1. The molecule has 2 heterocycles. The molecule has 272 valence electrons. The molecule has 1 aromatic rings. The van der Waals surface area contributed by atoms with Gasteiger partial charge in [-0.15, -0.1) is 0 Å². The number of alkyl halides is 6. The molecule has 6 atom stereocenters. The number of sulfonamides is 1. The zero-order valence-corrected chi connectivity index (χ0v) is 28.9. The molecular weight excluding hydrogens is 709 g/mol. The smallest absolute Gasteiger partial charge is 0.428 e. The van der Waals surface area contributed by atoms with Crippen molar-refractivity contribution >= 4 is 36.8 Å². The van der Waals surface area contributed by atoms with Gasteiger partial charge in [-0.1, -0.05) is 43.5 Å². The van der Waals surface area contributed by atoms with Crippen molar-refractivity contribution in [1.29, 1.82) is 0 Å². The van der Waals surface area contributed by atoms with Crippen molar-refractivity contribution in [1.82, 2.24) is 4.31 Å². The number of carbonyl (C=O) groups excluding carboxylic acids is 1. The standard InChI is InChI=1S/C31H41F6NO7S3/c1-20(46-16-14-45-15-17-46)28(39)22-10-8-21(9-11-22)23-4-2-5-24(18-23)26-7-3-6-25-19-38(13-12-27(25)26)47(40,41)30(34,35)29(32,33)31(36,37)48(42,43)44/h8-11,20,23-27H,2-7,12-19H2,1H3. The van der Waals surface area contributed by atoms with Crippen LogP contribution in [0.5, 0.6) is 0 Å². The molecule has 0 N–H and O–H groups in total. The van der Waals surface area contributed by atoms with Crippen LogP contribution in [0.25, 0.3) is 0 Å². The number of hydrogen-bond acceptors (Lipinski definition) is 7. The first-order valence-electron chi connectivity index (χ1n) is 16.3. The maximum absolute atomic E-state index is 14.7. The quantitative estimate of drug-likeness (QED) is 0.132. The van der Waals surface area contributed by atoms with E-state index in [-0.39, 0.29) is 56.3 Å². The van der Waals surface area contributed by atoms with Crippen LogP contribution in [0.1, 0.15) is 80.1 Å². The average Bonchev–Trinajstić information content (AvgIpc) is 3.06. The van der Waals surface area contributed by atoms with Gasteiger partial charge in [0.25, 0.3) is 10.0 Å². The second-order valence-corrected chi connectivity index (χ2v) is 19.5. The Labute approximate surface area is 280 Å². The van der Waals surface area contributed by atoms with Crippen molar-refractivity contribution in [3.05, 3.63) is 35.4 Å². The molecule has 4 fully saturated rings. The Morgan fingerprint density at radius 3 is 2.08 bits per heavy atom. The van der Waals surface area contributed by atoms with Crippen LogP contribution in [0, 0.1) is 23.7 Å². The van der Waals surface area contributed by atoms with Gasteiger partial charge in [-0.2, -0.15) is 30.6 Å². The van der Waals surface area contributed by atoms with Gasteiger partial charge in [0, 0.05) is 29.5 Å². The average molecular weight is 750 g/mol. The van der Waals surface area contributed by atoms with Crippen LogP contribution in [-0.2, 0) is 35.8 Å². The number of piperidine rings is 1. The molecule has 0 spiro atoms. The Balaban J connectivity index is 1.24. The predicted molar refractivity (Wildman–Crippen MR) is 167 cm³/mol. The molecule has 6 unspecified atom stereocenters. The van der Waals surface area contributed by atoms with E-state index in [9.17, 15) is 52.5 Å². The minimum absolute atomic E-state index is 0.00865.